The second kappa shape index (κ2) is 8.29. The summed E-state index contributed by atoms with van der Waals surface area (Å²) in [5, 5.41) is 12.2. The number of aromatic nitrogens is 1. The molecule has 1 aliphatic rings. The molecule has 0 atom stereocenters. The topological polar surface area (TPSA) is 45.5 Å². The van der Waals surface area contributed by atoms with Crippen LogP contribution in [0.4, 0.5) is 0 Å². The normalized spacial score (nSPS) is 15.8. The molecule has 5 rings (SSSR count). The van der Waals surface area contributed by atoms with Gasteiger partial charge in [0.05, 0.1) is 11.2 Å². The lowest BCUT2D eigenvalue weighted by Gasteiger charge is -2.38. The lowest BCUT2D eigenvalue weighted by Crippen LogP contribution is -2.45. The smallest absolute Gasteiger partial charge is 0.256 e. The summed E-state index contributed by atoms with van der Waals surface area (Å²) in [7, 11) is 0. The number of rotatable bonds is 4. The molecule has 2 heterocycles. The van der Waals surface area contributed by atoms with E-state index < -0.39 is 5.60 Å². The summed E-state index contributed by atoms with van der Waals surface area (Å²) in [5.41, 5.74) is 4.12. The van der Waals surface area contributed by atoms with E-state index in [-0.39, 0.29) is 5.91 Å². The molecule has 1 amide bonds. The monoisotopic (exact) mass is 424 g/mol. The summed E-state index contributed by atoms with van der Waals surface area (Å²) in [4.78, 5) is 15.6. The molecule has 4 heteroatoms. The molecule has 32 heavy (non-hydrogen) atoms. The van der Waals surface area contributed by atoms with Gasteiger partial charge in [0.25, 0.3) is 5.91 Å². The van der Waals surface area contributed by atoms with Gasteiger partial charge < -0.3 is 14.6 Å². The van der Waals surface area contributed by atoms with Crippen molar-refractivity contribution in [2.75, 3.05) is 13.1 Å². The first kappa shape index (κ1) is 20.5. The number of nitrogens with zero attached hydrogens (tertiary/aromatic N) is 2. The van der Waals surface area contributed by atoms with Crippen LogP contribution in [-0.2, 0) is 12.1 Å². The van der Waals surface area contributed by atoms with Gasteiger partial charge in [0.2, 0.25) is 0 Å². The first-order chi connectivity index (χ1) is 15.6. The highest BCUT2D eigenvalue weighted by atomic mass is 16.3. The second-order valence-corrected chi connectivity index (χ2v) is 8.74. The zero-order valence-electron chi connectivity index (χ0n) is 18.4. The molecule has 1 aliphatic heterocycles. The highest BCUT2D eigenvalue weighted by Crippen LogP contribution is 2.34. The molecule has 0 unspecified atom stereocenters. The number of likely N-dealkylation sites (tertiary alicyclic amines) is 1. The molecular formula is C28H28N2O2. The van der Waals surface area contributed by atoms with Gasteiger partial charge in [-0.15, -0.1) is 0 Å². The van der Waals surface area contributed by atoms with Crippen LogP contribution in [-0.4, -0.2) is 33.6 Å². The van der Waals surface area contributed by atoms with Gasteiger partial charge in [-0.3, -0.25) is 4.79 Å². The third kappa shape index (κ3) is 3.61. The van der Waals surface area contributed by atoms with Crippen LogP contribution in [0.15, 0.2) is 84.9 Å². The number of carbonyl (C=O) groups excluding carboxylic acids is 1. The number of aliphatic hydroxyl groups is 1. The van der Waals surface area contributed by atoms with E-state index in [9.17, 15) is 9.90 Å². The summed E-state index contributed by atoms with van der Waals surface area (Å²) < 4.78 is 2.24. The van der Waals surface area contributed by atoms with E-state index in [4.69, 9.17) is 0 Å². The first-order valence-corrected chi connectivity index (χ1v) is 11.3. The first-order valence-electron chi connectivity index (χ1n) is 11.3. The number of piperidine rings is 1. The van der Waals surface area contributed by atoms with Crippen molar-refractivity contribution in [2.24, 2.45) is 0 Å². The number of fused-ring (bicyclic) bond motifs is 1. The standard InChI is InChI=1S/C28H28N2O2/c1-21-26(24-14-8-9-15-25(24)30(21)20-22-10-4-2-5-11-22)27(31)29-18-16-28(32,17-19-29)23-12-6-3-7-13-23/h2-15,32H,16-20H2,1H3. The fourth-order valence-corrected chi connectivity index (χ4v) is 4.95. The maximum Gasteiger partial charge on any atom is 0.256 e. The maximum atomic E-state index is 13.7. The zero-order chi connectivity index (χ0) is 22.1. The molecule has 0 aliphatic carbocycles. The molecule has 0 spiro atoms. The molecule has 0 saturated carbocycles. The Hall–Kier alpha value is -3.37. The van der Waals surface area contributed by atoms with Crippen molar-refractivity contribution in [2.45, 2.75) is 31.9 Å². The highest BCUT2D eigenvalue weighted by Gasteiger charge is 2.36. The van der Waals surface area contributed by atoms with Gasteiger partial charge >= 0.3 is 0 Å². The lowest BCUT2D eigenvalue weighted by atomic mass is 9.84. The van der Waals surface area contributed by atoms with Gasteiger partial charge in [-0.2, -0.15) is 0 Å². The average Bonchev–Trinajstić information content (AvgIpc) is 3.11. The Morgan fingerprint density at radius 1 is 0.875 bits per heavy atom. The highest BCUT2D eigenvalue weighted by molar-refractivity contribution is 6.08. The average molecular weight is 425 g/mol. The van der Waals surface area contributed by atoms with Crippen LogP contribution in [0.1, 0.15) is 40.0 Å². The number of hydrogen-bond donors (Lipinski definition) is 1. The van der Waals surface area contributed by atoms with Crippen molar-refractivity contribution >= 4 is 16.8 Å². The maximum absolute atomic E-state index is 13.7. The number of carbonyl (C=O) groups is 1. The van der Waals surface area contributed by atoms with E-state index in [2.05, 4.69) is 22.8 Å². The summed E-state index contributed by atoms with van der Waals surface area (Å²) in [5.74, 6) is 0.0561. The third-order valence-electron chi connectivity index (χ3n) is 6.82. The van der Waals surface area contributed by atoms with Crippen LogP contribution in [0.3, 0.4) is 0 Å². The second-order valence-electron chi connectivity index (χ2n) is 8.74. The van der Waals surface area contributed by atoms with Crippen LogP contribution >= 0.6 is 0 Å². The summed E-state index contributed by atoms with van der Waals surface area (Å²) >= 11 is 0. The molecule has 0 bridgehead atoms. The van der Waals surface area contributed by atoms with E-state index in [0.717, 1.165) is 34.3 Å². The Labute approximate surface area is 188 Å². The van der Waals surface area contributed by atoms with Crippen LogP contribution < -0.4 is 0 Å². The Morgan fingerprint density at radius 3 is 2.16 bits per heavy atom. The van der Waals surface area contributed by atoms with Crippen molar-refractivity contribution in [1.29, 1.82) is 0 Å². The Kier molecular flexibility index (Phi) is 5.32. The zero-order valence-corrected chi connectivity index (χ0v) is 18.4. The van der Waals surface area contributed by atoms with Crippen molar-refractivity contribution in [3.05, 3.63) is 107 Å². The van der Waals surface area contributed by atoms with Gasteiger partial charge in [0.1, 0.15) is 0 Å². The molecular weight excluding hydrogens is 396 g/mol. The SMILES string of the molecule is Cc1c(C(=O)N2CCC(O)(c3ccccc3)CC2)c2ccccc2n1Cc1ccccc1. The van der Waals surface area contributed by atoms with Crippen molar-refractivity contribution in [1.82, 2.24) is 9.47 Å². The number of benzene rings is 3. The van der Waals surface area contributed by atoms with E-state index in [1.54, 1.807) is 0 Å². The molecule has 1 saturated heterocycles. The largest absolute Gasteiger partial charge is 0.385 e. The summed E-state index contributed by atoms with van der Waals surface area (Å²) in [6.45, 7) is 3.86. The van der Waals surface area contributed by atoms with Crippen molar-refractivity contribution in [3.8, 4) is 0 Å². The minimum Gasteiger partial charge on any atom is -0.385 e. The van der Waals surface area contributed by atoms with Gasteiger partial charge in [0, 0.05) is 36.2 Å². The van der Waals surface area contributed by atoms with Gasteiger partial charge in [-0.25, -0.2) is 0 Å². The number of amides is 1. The third-order valence-corrected chi connectivity index (χ3v) is 6.82. The van der Waals surface area contributed by atoms with Crippen LogP contribution in [0.25, 0.3) is 10.9 Å². The molecule has 1 fully saturated rings. The predicted molar refractivity (Wildman–Crippen MR) is 128 cm³/mol. The van der Waals surface area contributed by atoms with Gasteiger partial charge in [-0.05, 0) is 37.0 Å². The fraction of sp³-hybridized carbons (Fsp3) is 0.250. The fourth-order valence-electron chi connectivity index (χ4n) is 4.95. The molecule has 1 aromatic heterocycles. The van der Waals surface area contributed by atoms with Crippen molar-refractivity contribution in [3.63, 3.8) is 0 Å². The quantitative estimate of drug-likeness (QED) is 0.494. The number of hydrogen-bond acceptors (Lipinski definition) is 2. The van der Waals surface area contributed by atoms with Crippen molar-refractivity contribution < 1.29 is 9.90 Å². The molecule has 162 valence electrons. The minimum atomic E-state index is -0.867. The minimum absolute atomic E-state index is 0.0561. The van der Waals surface area contributed by atoms with Crippen LogP contribution in [0.2, 0.25) is 0 Å². The lowest BCUT2D eigenvalue weighted by molar-refractivity contribution is -0.0211. The Morgan fingerprint density at radius 2 is 1.47 bits per heavy atom. The van der Waals surface area contributed by atoms with Gasteiger partial charge in [0.15, 0.2) is 0 Å². The molecule has 4 nitrogen and oxygen atoms in total. The van der Waals surface area contributed by atoms with E-state index in [1.807, 2.05) is 78.6 Å². The Balaban J connectivity index is 1.44. The van der Waals surface area contributed by atoms with E-state index >= 15 is 0 Å². The summed E-state index contributed by atoms with van der Waals surface area (Å²) in [6, 6.07) is 28.3. The van der Waals surface area contributed by atoms with Crippen LogP contribution in [0.5, 0.6) is 0 Å². The van der Waals surface area contributed by atoms with Gasteiger partial charge in [-0.1, -0.05) is 78.9 Å². The molecule has 1 N–H and O–H groups in total. The predicted octanol–water partition coefficient (Wildman–Crippen LogP) is 5.12. The Bertz CT molecular complexity index is 1240. The number of para-hydroxylation sites is 1. The van der Waals surface area contributed by atoms with Crippen LogP contribution in [0, 0.1) is 6.92 Å². The molecule has 0 radical (unpaired) electrons. The summed E-state index contributed by atoms with van der Waals surface area (Å²) in [6.07, 6.45) is 1.09. The van der Waals surface area contributed by atoms with E-state index in [1.165, 1.54) is 5.56 Å². The molecule has 4 aromatic rings. The molecule has 3 aromatic carbocycles. The van der Waals surface area contributed by atoms with E-state index in [0.29, 0.717) is 25.9 Å².